The van der Waals surface area contributed by atoms with Crippen LogP contribution in [0.3, 0.4) is 0 Å². The Balaban J connectivity index is 2.06. The molecule has 0 radical (unpaired) electrons. The van der Waals surface area contributed by atoms with Crippen molar-refractivity contribution in [2.45, 2.75) is 25.7 Å². The molecule has 20 heavy (non-hydrogen) atoms. The van der Waals surface area contributed by atoms with Gasteiger partial charge in [-0.05, 0) is 13.0 Å². The summed E-state index contributed by atoms with van der Waals surface area (Å²) in [6.07, 6.45) is -4.37. The molecule has 2 aliphatic rings. The van der Waals surface area contributed by atoms with Crippen molar-refractivity contribution in [3.63, 3.8) is 0 Å². The number of aryl methyl sites for hydroxylation is 1. The average Bonchev–Trinajstić information content (AvgIpc) is 2.56. The lowest BCUT2D eigenvalue weighted by molar-refractivity contribution is -0.138. The van der Waals surface area contributed by atoms with Gasteiger partial charge in [-0.3, -0.25) is 0 Å². The molecular weight excluding hydrogens is 271 g/mol. The van der Waals surface area contributed by atoms with Crippen molar-refractivity contribution in [1.82, 2.24) is 10.3 Å². The summed E-state index contributed by atoms with van der Waals surface area (Å²) < 4.78 is 44.4. The smallest absolute Gasteiger partial charge is 0.374 e. The summed E-state index contributed by atoms with van der Waals surface area (Å²) in [6, 6.07) is 1.32. The molecule has 0 amide bonds. The lowest BCUT2D eigenvalue weighted by Crippen LogP contribution is -2.53. The standard InChI is InChI=1S/C13H16F3N3O/c1-8-11(13(14,15)16)4-9-6-20-7-10-5-17-2-3-19(10)12(9)18-8/h4,10,17H,2-3,5-7H2,1H3/t10-/m1/s1. The van der Waals surface area contributed by atoms with Crippen LogP contribution in [-0.4, -0.2) is 37.3 Å². The molecule has 0 aliphatic carbocycles. The molecule has 1 N–H and O–H groups in total. The van der Waals surface area contributed by atoms with Crippen molar-refractivity contribution in [3.8, 4) is 0 Å². The van der Waals surface area contributed by atoms with Crippen LogP contribution in [0.5, 0.6) is 0 Å². The molecule has 1 saturated heterocycles. The molecular formula is C13H16F3N3O. The lowest BCUT2D eigenvalue weighted by atomic mass is 10.1. The Morgan fingerprint density at radius 1 is 1.45 bits per heavy atom. The van der Waals surface area contributed by atoms with Gasteiger partial charge < -0.3 is 15.0 Å². The summed E-state index contributed by atoms with van der Waals surface area (Å²) in [7, 11) is 0. The zero-order chi connectivity index (χ0) is 14.3. The number of alkyl halides is 3. The number of anilines is 1. The number of fused-ring (bicyclic) bond motifs is 3. The fourth-order valence-corrected chi connectivity index (χ4v) is 2.77. The van der Waals surface area contributed by atoms with E-state index in [1.165, 1.54) is 13.0 Å². The SMILES string of the molecule is Cc1nc2c(cc1C(F)(F)F)COC[C@H]1CNCCN21. The molecule has 0 bridgehead atoms. The van der Waals surface area contributed by atoms with E-state index in [0.29, 0.717) is 18.0 Å². The van der Waals surface area contributed by atoms with Gasteiger partial charge in [0.15, 0.2) is 0 Å². The van der Waals surface area contributed by atoms with E-state index in [0.717, 1.165) is 19.6 Å². The third-order valence-corrected chi connectivity index (χ3v) is 3.76. The van der Waals surface area contributed by atoms with Crippen LogP contribution in [-0.2, 0) is 17.5 Å². The van der Waals surface area contributed by atoms with Gasteiger partial charge in [-0.15, -0.1) is 0 Å². The van der Waals surface area contributed by atoms with Crippen LogP contribution in [0.25, 0.3) is 0 Å². The van der Waals surface area contributed by atoms with Crippen molar-refractivity contribution in [2.24, 2.45) is 0 Å². The summed E-state index contributed by atoms with van der Waals surface area (Å²) in [5.74, 6) is 0.638. The molecule has 0 saturated carbocycles. The maximum atomic E-state index is 12.9. The van der Waals surface area contributed by atoms with E-state index in [2.05, 4.69) is 15.2 Å². The molecule has 0 unspecified atom stereocenters. The summed E-state index contributed by atoms with van der Waals surface area (Å²) in [4.78, 5) is 6.28. The van der Waals surface area contributed by atoms with E-state index >= 15 is 0 Å². The number of piperazine rings is 1. The predicted molar refractivity (Wildman–Crippen MR) is 67.6 cm³/mol. The van der Waals surface area contributed by atoms with Gasteiger partial charge in [0.05, 0.1) is 30.5 Å². The topological polar surface area (TPSA) is 37.4 Å². The van der Waals surface area contributed by atoms with Crippen molar-refractivity contribution in [3.05, 3.63) is 22.9 Å². The summed E-state index contributed by atoms with van der Waals surface area (Å²) in [5.41, 5.74) is -0.129. The number of nitrogens with one attached hydrogen (secondary N) is 1. The second-order valence-corrected chi connectivity index (χ2v) is 5.17. The number of ether oxygens (including phenoxy) is 1. The highest BCUT2D eigenvalue weighted by atomic mass is 19.4. The van der Waals surface area contributed by atoms with Gasteiger partial charge in [0, 0.05) is 25.2 Å². The van der Waals surface area contributed by atoms with Crippen LogP contribution in [0.1, 0.15) is 16.8 Å². The monoisotopic (exact) mass is 287 g/mol. The number of nitrogens with zero attached hydrogens (tertiary/aromatic N) is 2. The second kappa shape index (κ2) is 4.89. The largest absolute Gasteiger partial charge is 0.418 e. The van der Waals surface area contributed by atoms with Gasteiger partial charge in [0.25, 0.3) is 0 Å². The van der Waals surface area contributed by atoms with Crippen LogP contribution in [0, 0.1) is 6.92 Å². The van der Waals surface area contributed by atoms with Crippen molar-refractivity contribution >= 4 is 5.82 Å². The lowest BCUT2D eigenvalue weighted by Gasteiger charge is -2.36. The zero-order valence-corrected chi connectivity index (χ0v) is 11.1. The Hall–Kier alpha value is -1.34. The van der Waals surface area contributed by atoms with Gasteiger partial charge >= 0.3 is 6.18 Å². The molecule has 4 nitrogen and oxygen atoms in total. The summed E-state index contributed by atoms with van der Waals surface area (Å²) in [6.45, 7) is 4.40. The van der Waals surface area contributed by atoms with Gasteiger partial charge in [-0.1, -0.05) is 0 Å². The van der Waals surface area contributed by atoms with E-state index < -0.39 is 11.7 Å². The minimum atomic E-state index is -4.37. The normalized spacial score (nSPS) is 23.0. The quantitative estimate of drug-likeness (QED) is 0.788. The van der Waals surface area contributed by atoms with E-state index in [1.54, 1.807) is 0 Å². The number of halogens is 3. The second-order valence-electron chi connectivity index (χ2n) is 5.17. The first kappa shape index (κ1) is 13.6. The van der Waals surface area contributed by atoms with Crippen LogP contribution in [0.4, 0.5) is 19.0 Å². The molecule has 1 aromatic rings. The first-order valence-electron chi connectivity index (χ1n) is 6.59. The third kappa shape index (κ3) is 2.35. The predicted octanol–water partition coefficient (Wildman–Crippen LogP) is 1.72. The Morgan fingerprint density at radius 3 is 3.00 bits per heavy atom. The van der Waals surface area contributed by atoms with Crippen LogP contribution in [0.15, 0.2) is 6.07 Å². The highest BCUT2D eigenvalue weighted by Crippen LogP contribution is 2.35. The highest BCUT2D eigenvalue weighted by Gasteiger charge is 2.36. The summed E-state index contributed by atoms with van der Waals surface area (Å²) in [5, 5.41) is 3.26. The number of pyridine rings is 1. The Bertz CT molecular complexity index is 518. The molecule has 2 aliphatic heterocycles. The van der Waals surface area contributed by atoms with Gasteiger partial charge in [0.2, 0.25) is 0 Å². The fourth-order valence-electron chi connectivity index (χ4n) is 2.77. The number of rotatable bonds is 0. The van der Waals surface area contributed by atoms with Crippen LogP contribution in [0.2, 0.25) is 0 Å². The molecule has 110 valence electrons. The molecule has 1 atom stereocenters. The van der Waals surface area contributed by atoms with Crippen molar-refractivity contribution in [2.75, 3.05) is 31.1 Å². The van der Waals surface area contributed by atoms with Gasteiger partial charge in [-0.2, -0.15) is 13.2 Å². The van der Waals surface area contributed by atoms with Crippen LogP contribution < -0.4 is 10.2 Å². The minimum Gasteiger partial charge on any atom is -0.374 e. The molecule has 7 heteroatoms. The first-order chi connectivity index (χ1) is 9.47. The third-order valence-electron chi connectivity index (χ3n) is 3.76. The van der Waals surface area contributed by atoms with Gasteiger partial charge in [0.1, 0.15) is 5.82 Å². The van der Waals surface area contributed by atoms with E-state index in [-0.39, 0.29) is 18.3 Å². The Labute approximate surface area is 114 Å². The van der Waals surface area contributed by atoms with Gasteiger partial charge in [-0.25, -0.2) is 4.98 Å². The zero-order valence-electron chi connectivity index (χ0n) is 11.1. The average molecular weight is 287 g/mol. The maximum absolute atomic E-state index is 12.9. The molecule has 1 aromatic heterocycles. The number of hydrogen-bond acceptors (Lipinski definition) is 4. The van der Waals surface area contributed by atoms with Crippen LogP contribution >= 0.6 is 0 Å². The molecule has 0 aromatic carbocycles. The summed E-state index contributed by atoms with van der Waals surface area (Å²) >= 11 is 0. The van der Waals surface area contributed by atoms with E-state index in [9.17, 15) is 13.2 Å². The van der Waals surface area contributed by atoms with Crippen molar-refractivity contribution < 1.29 is 17.9 Å². The molecule has 3 heterocycles. The fraction of sp³-hybridized carbons (Fsp3) is 0.615. The number of hydrogen-bond donors (Lipinski definition) is 1. The van der Waals surface area contributed by atoms with E-state index in [4.69, 9.17) is 4.74 Å². The Kier molecular flexibility index (Phi) is 3.33. The first-order valence-corrected chi connectivity index (χ1v) is 6.59. The molecule has 1 fully saturated rings. The van der Waals surface area contributed by atoms with E-state index in [1.807, 2.05) is 0 Å². The van der Waals surface area contributed by atoms with Crippen molar-refractivity contribution in [1.29, 1.82) is 0 Å². The minimum absolute atomic E-state index is 0.0235. The highest BCUT2D eigenvalue weighted by molar-refractivity contribution is 5.52. The molecule has 0 spiro atoms. The Morgan fingerprint density at radius 2 is 2.25 bits per heavy atom. The molecule has 3 rings (SSSR count). The number of aromatic nitrogens is 1. The maximum Gasteiger partial charge on any atom is 0.418 e.